The van der Waals surface area contributed by atoms with Crippen molar-refractivity contribution in [2.24, 2.45) is 0 Å². The van der Waals surface area contributed by atoms with Crippen molar-refractivity contribution < 1.29 is 14.6 Å². The molecule has 20 heavy (non-hydrogen) atoms. The minimum Gasteiger partial charge on any atom is -0.441 e. The van der Waals surface area contributed by atoms with Crippen molar-refractivity contribution >= 4 is 6.09 Å². The van der Waals surface area contributed by atoms with Crippen LogP contribution in [0.3, 0.4) is 0 Å². The van der Waals surface area contributed by atoms with E-state index in [4.69, 9.17) is 4.74 Å². The second-order valence-electron chi connectivity index (χ2n) is 5.65. The highest BCUT2D eigenvalue weighted by atomic mass is 16.6. The monoisotopic (exact) mass is 276 g/mol. The molecule has 108 valence electrons. The van der Waals surface area contributed by atoms with Gasteiger partial charge in [-0.25, -0.2) is 4.79 Å². The summed E-state index contributed by atoms with van der Waals surface area (Å²) >= 11 is 0. The van der Waals surface area contributed by atoms with Crippen LogP contribution in [-0.2, 0) is 4.74 Å². The minimum atomic E-state index is -0.463. The number of nitrogens with zero attached hydrogens (tertiary/aromatic N) is 1. The highest BCUT2D eigenvalue weighted by molar-refractivity contribution is 5.70. The van der Waals surface area contributed by atoms with E-state index in [-0.39, 0.29) is 11.7 Å². The minimum absolute atomic E-state index is 0.303. The summed E-state index contributed by atoms with van der Waals surface area (Å²) in [7, 11) is 0. The predicted octanol–water partition coefficient (Wildman–Crippen LogP) is 1.29. The molecule has 0 aromatic heterocycles. The fourth-order valence-corrected chi connectivity index (χ4v) is 2.95. The lowest BCUT2D eigenvalue weighted by Crippen LogP contribution is -2.47. The lowest BCUT2D eigenvalue weighted by atomic mass is 9.91. The van der Waals surface area contributed by atoms with Crippen molar-refractivity contribution in [2.75, 3.05) is 26.2 Å². The zero-order valence-corrected chi connectivity index (χ0v) is 11.4. The number of carbonyl (C=O) groups excluding carboxylic acids is 1. The summed E-state index contributed by atoms with van der Waals surface area (Å²) in [5.74, 6) is 0. The number of piperidine rings is 1. The predicted molar refractivity (Wildman–Crippen MR) is 74.3 cm³/mol. The molecule has 2 fully saturated rings. The molecule has 2 aliphatic rings. The SMILES string of the molecule is O=C1NCC2(CCN(CC(O)c3ccccc3)CC2)O1. The quantitative estimate of drug-likeness (QED) is 0.873. The van der Waals surface area contributed by atoms with Crippen LogP contribution >= 0.6 is 0 Å². The van der Waals surface area contributed by atoms with Crippen LogP contribution < -0.4 is 5.32 Å². The van der Waals surface area contributed by atoms with E-state index in [0.29, 0.717) is 13.1 Å². The number of aliphatic hydroxyl groups is 1. The van der Waals surface area contributed by atoms with Gasteiger partial charge in [0.15, 0.2) is 0 Å². The number of benzene rings is 1. The van der Waals surface area contributed by atoms with Crippen molar-refractivity contribution in [2.45, 2.75) is 24.5 Å². The summed E-state index contributed by atoms with van der Waals surface area (Å²) in [4.78, 5) is 13.4. The Hall–Kier alpha value is -1.59. The number of hydrogen-bond donors (Lipinski definition) is 2. The number of β-amino-alcohol motifs (C(OH)–C–C–N with tert-alkyl or cyclic N) is 1. The summed E-state index contributed by atoms with van der Waals surface area (Å²) in [6, 6.07) is 9.71. The average Bonchev–Trinajstić information content (AvgIpc) is 2.84. The van der Waals surface area contributed by atoms with Gasteiger partial charge in [0.1, 0.15) is 5.60 Å². The highest BCUT2D eigenvalue weighted by Crippen LogP contribution is 2.30. The van der Waals surface area contributed by atoms with Crippen molar-refractivity contribution in [1.82, 2.24) is 10.2 Å². The first-order valence-corrected chi connectivity index (χ1v) is 7.09. The van der Waals surface area contributed by atoms with Crippen LogP contribution in [-0.4, -0.2) is 47.9 Å². The fourth-order valence-electron chi connectivity index (χ4n) is 2.95. The maximum Gasteiger partial charge on any atom is 0.407 e. The average molecular weight is 276 g/mol. The van der Waals surface area contributed by atoms with E-state index in [1.807, 2.05) is 30.3 Å². The molecule has 2 aliphatic heterocycles. The summed E-state index contributed by atoms with van der Waals surface area (Å²) in [6.07, 6.45) is 0.887. The Labute approximate surface area is 118 Å². The molecule has 1 amide bonds. The van der Waals surface area contributed by atoms with Crippen molar-refractivity contribution in [3.8, 4) is 0 Å². The first-order valence-electron chi connectivity index (χ1n) is 7.09. The van der Waals surface area contributed by atoms with E-state index in [0.717, 1.165) is 31.5 Å². The van der Waals surface area contributed by atoms with Crippen LogP contribution in [0.2, 0.25) is 0 Å². The Kier molecular flexibility index (Phi) is 3.63. The van der Waals surface area contributed by atoms with Crippen LogP contribution in [0.1, 0.15) is 24.5 Å². The number of amides is 1. The molecule has 1 aromatic rings. The summed E-state index contributed by atoms with van der Waals surface area (Å²) in [5.41, 5.74) is 0.632. The topological polar surface area (TPSA) is 61.8 Å². The van der Waals surface area contributed by atoms with Crippen LogP contribution in [0.4, 0.5) is 4.79 Å². The molecule has 0 saturated carbocycles. The standard InChI is InChI=1S/C15H20N2O3/c18-13(12-4-2-1-3-5-12)10-17-8-6-15(7-9-17)11-16-14(19)20-15/h1-5,13,18H,6-11H2,(H,16,19). The Morgan fingerprint density at radius 1 is 1.30 bits per heavy atom. The van der Waals surface area contributed by atoms with Crippen LogP contribution in [0.15, 0.2) is 30.3 Å². The number of likely N-dealkylation sites (tertiary alicyclic amines) is 1. The zero-order chi connectivity index (χ0) is 14.0. The molecule has 2 N–H and O–H groups in total. The number of ether oxygens (including phenoxy) is 1. The Morgan fingerprint density at radius 3 is 2.60 bits per heavy atom. The van der Waals surface area contributed by atoms with Gasteiger partial charge in [0.25, 0.3) is 0 Å². The van der Waals surface area contributed by atoms with Gasteiger partial charge in [0, 0.05) is 32.5 Å². The fraction of sp³-hybridized carbons (Fsp3) is 0.533. The number of alkyl carbamates (subject to hydrolysis) is 1. The summed E-state index contributed by atoms with van der Waals surface area (Å²) < 4.78 is 5.39. The molecule has 0 radical (unpaired) electrons. The molecule has 1 spiro atoms. The molecule has 1 unspecified atom stereocenters. The third-order valence-electron chi connectivity index (χ3n) is 4.25. The molecule has 0 bridgehead atoms. The molecule has 5 heteroatoms. The largest absolute Gasteiger partial charge is 0.441 e. The van der Waals surface area contributed by atoms with Gasteiger partial charge >= 0.3 is 6.09 Å². The molecular formula is C15H20N2O3. The van der Waals surface area contributed by atoms with E-state index in [1.165, 1.54) is 0 Å². The first-order chi connectivity index (χ1) is 9.67. The van der Waals surface area contributed by atoms with Gasteiger partial charge in [-0.1, -0.05) is 30.3 Å². The van der Waals surface area contributed by atoms with E-state index < -0.39 is 6.10 Å². The highest BCUT2D eigenvalue weighted by Gasteiger charge is 2.42. The summed E-state index contributed by atoms with van der Waals surface area (Å²) in [5, 5.41) is 13.0. The smallest absolute Gasteiger partial charge is 0.407 e. The molecule has 0 aliphatic carbocycles. The van der Waals surface area contributed by atoms with E-state index in [9.17, 15) is 9.90 Å². The lowest BCUT2D eigenvalue weighted by Gasteiger charge is -2.37. The van der Waals surface area contributed by atoms with Gasteiger partial charge < -0.3 is 20.1 Å². The van der Waals surface area contributed by atoms with Crippen molar-refractivity contribution in [1.29, 1.82) is 0 Å². The van der Waals surface area contributed by atoms with E-state index >= 15 is 0 Å². The molecule has 3 rings (SSSR count). The van der Waals surface area contributed by atoms with Gasteiger partial charge in [0.05, 0.1) is 12.6 Å². The van der Waals surface area contributed by atoms with E-state index in [2.05, 4.69) is 10.2 Å². The Morgan fingerprint density at radius 2 is 2.00 bits per heavy atom. The maximum atomic E-state index is 11.2. The molecule has 2 saturated heterocycles. The van der Waals surface area contributed by atoms with Crippen LogP contribution in [0.25, 0.3) is 0 Å². The lowest BCUT2D eigenvalue weighted by molar-refractivity contribution is -0.00984. The van der Waals surface area contributed by atoms with Gasteiger partial charge in [-0.15, -0.1) is 0 Å². The van der Waals surface area contributed by atoms with Crippen molar-refractivity contribution in [3.63, 3.8) is 0 Å². The first kappa shape index (κ1) is 13.4. The third-order valence-corrected chi connectivity index (χ3v) is 4.25. The van der Waals surface area contributed by atoms with Gasteiger partial charge in [-0.2, -0.15) is 0 Å². The number of aliphatic hydroxyl groups excluding tert-OH is 1. The summed E-state index contributed by atoms with van der Waals surface area (Å²) in [6.45, 7) is 2.93. The number of carbonyl (C=O) groups is 1. The molecule has 1 atom stereocenters. The zero-order valence-electron chi connectivity index (χ0n) is 11.4. The third kappa shape index (κ3) is 2.78. The molecule has 5 nitrogen and oxygen atoms in total. The Balaban J connectivity index is 1.53. The van der Waals surface area contributed by atoms with Crippen molar-refractivity contribution in [3.05, 3.63) is 35.9 Å². The van der Waals surface area contributed by atoms with Gasteiger partial charge in [0.2, 0.25) is 0 Å². The van der Waals surface area contributed by atoms with Gasteiger partial charge in [-0.3, -0.25) is 0 Å². The number of hydrogen-bond acceptors (Lipinski definition) is 4. The number of nitrogens with one attached hydrogen (secondary N) is 1. The number of rotatable bonds is 3. The maximum absolute atomic E-state index is 11.2. The van der Waals surface area contributed by atoms with Crippen LogP contribution in [0.5, 0.6) is 0 Å². The molecule has 1 aromatic carbocycles. The second-order valence-corrected chi connectivity index (χ2v) is 5.65. The Bertz CT molecular complexity index is 469. The van der Waals surface area contributed by atoms with Crippen LogP contribution in [0, 0.1) is 0 Å². The van der Waals surface area contributed by atoms with E-state index in [1.54, 1.807) is 0 Å². The second kappa shape index (κ2) is 5.42. The normalized spacial score (nSPS) is 23.4. The molecular weight excluding hydrogens is 256 g/mol. The molecule has 2 heterocycles. The van der Waals surface area contributed by atoms with Gasteiger partial charge in [-0.05, 0) is 5.56 Å².